The van der Waals surface area contributed by atoms with Gasteiger partial charge in [-0.25, -0.2) is 9.98 Å². The number of anilines is 1. The van der Waals surface area contributed by atoms with E-state index in [9.17, 15) is 4.79 Å². The molecule has 2 heterocycles. The van der Waals surface area contributed by atoms with Crippen LogP contribution in [0.1, 0.15) is 9.67 Å². The van der Waals surface area contributed by atoms with Gasteiger partial charge in [0.15, 0.2) is 6.29 Å². The van der Waals surface area contributed by atoms with Crippen LogP contribution in [-0.2, 0) is 0 Å². The number of carbonyl (C=O) groups is 1. The van der Waals surface area contributed by atoms with Gasteiger partial charge in [0.1, 0.15) is 4.83 Å². The number of aromatic nitrogens is 1. The first-order chi connectivity index (χ1) is 8.19. The third-order valence-corrected chi connectivity index (χ3v) is 3.38. The van der Waals surface area contributed by atoms with Gasteiger partial charge < -0.3 is 10.6 Å². The van der Waals surface area contributed by atoms with Gasteiger partial charge in [0.05, 0.1) is 28.0 Å². The number of thiophene rings is 1. The molecule has 0 aliphatic heterocycles. The Morgan fingerprint density at radius 3 is 2.88 bits per heavy atom. The minimum Gasteiger partial charge on any atom is -0.390 e. The minimum atomic E-state index is 0.545. The van der Waals surface area contributed by atoms with Gasteiger partial charge in [0.2, 0.25) is 0 Å². The van der Waals surface area contributed by atoms with Gasteiger partial charge in [0, 0.05) is 20.3 Å². The largest absolute Gasteiger partial charge is 0.390 e. The lowest BCUT2D eigenvalue weighted by molar-refractivity contribution is 0.112. The lowest BCUT2D eigenvalue weighted by Crippen LogP contribution is -2.08. The zero-order valence-electron chi connectivity index (χ0n) is 9.54. The number of fused-ring (bicyclic) bond motifs is 1. The summed E-state index contributed by atoms with van der Waals surface area (Å²) in [6.07, 6.45) is 3.70. The van der Waals surface area contributed by atoms with Crippen molar-refractivity contribution in [2.75, 3.05) is 19.0 Å². The molecule has 6 heteroatoms. The molecular weight excluding hydrogens is 236 g/mol. The number of hydrogen-bond acceptors (Lipinski definition) is 5. The van der Waals surface area contributed by atoms with Crippen molar-refractivity contribution < 1.29 is 4.79 Å². The van der Waals surface area contributed by atoms with Crippen molar-refractivity contribution in [3.05, 3.63) is 17.1 Å². The maximum atomic E-state index is 11.0. The van der Waals surface area contributed by atoms with Crippen molar-refractivity contribution in [1.29, 1.82) is 0 Å². The minimum absolute atomic E-state index is 0.545. The number of hydrogen-bond donors (Lipinski definition) is 1. The Labute approximate surface area is 103 Å². The molecule has 0 spiro atoms. The zero-order chi connectivity index (χ0) is 12.4. The summed E-state index contributed by atoms with van der Waals surface area (Å²) in [5.41, 5.74) is 6.89. The van der Waals surface area contributed by atoms with E-state index in [0.717, 1.165) is 22.2 Å². The van der Waals surface area contributed by atoms with Crippen LogP contribution in [0.5, 0.6) is 0 Å². The van der Waals surface area contributed by atoms with Gasteiger partial charge in [-0.3, -0.25) is 4.79 Å². The van der Waals surface area contributed by atoms with Crippen molar-refractivity contribution in [3.8, 4) is 0 Å². The molecule has 2 aromatic heterocycles. The first-order valence-electron chi connectivity index (χ1n) is 4.97. The number of rotatable bonds is 3. The van der Waals surface area contributed by atoms with Gasteiger partial charge in [0.25, 0.3) is 0 Å². The molecule has 2 rings (SSSR count). The van der Waals surface area contributed by atoms with Crippen LogP contribution in [-0.4, -0.2) is 31.7 Å². The average Bonchev–Trinajstić information content (AvgIpc) is 2.67. The van der Waals surface area contributed by atoms with Gasteiger partial charge in [-0.15, -0.1) is 11.3 Å². The Morgan fingerprint density at radius 2 is 2.29 bits per heavy atom. The predicted octanol–water partition coefficient (Wildman–Crippen LogP) is 1.79. The highest BCUT2D eigenvalue weighted by Crippen LogP contribution is 2.40. The number of nitrogens with zero attached hydrogens (tertiary/aromatic N) is 3. The summed E-state index contributed by atoms with van der Waals surface area (Å²) >= 11 is 1.32. The standard InChI is InChI=1S/C11H12N4OS/c1-15(2)7-3-4-13-11-9(7)10(14-6-12)8(5-16)17-11/h3-6H,1-2H3,(H2,12,14). The maximum Gasteiger partial charge on any atom is 0.162 e. The van der Waals surface area contributed by atoms with Crippen molar-refractivity contribution in [3.63, 3.8) is 0 Å². The van der Waals surface area contributed by atoms with Gasteiger partial charge in [-0.1, -0.05) is 0 Å². The van der Waals surface area contributed by atoms with E-state index in [4.69, 9.17) is 5.73 Å². The third-order valence-electron chi connectivity index (χ3n) is 2.36. The normalized spacial score (nSPS) is 11.2. The van der Waals surface area contributed by atoms with Crippen molar-refractivity contribution in [1.82, 2.24) is 4.98 Å². The fraction of sp³-hybridized carbons (Fsp3) is 0.182. The molecule has 2 N–H and O–H groups in total. The quantitative estimate of drug-likeness (QED) is 0.510. The molecule has 0 atom stereocenters. The number of aldehydes is 1. The summed E-state index contributed by atoms with van der Waals surface area (Å²) in [5.74, 6) is 0. The predicted molar refractivity (Wildman–Crippen MR) is 71.7 cm³/mol. The summed E-state index contributed by atoms with van der Waals surface area (Å²) < 4.78 is 0. The Balaban J connectivity index is 2.86. The third kappa shape index (κ3) is 1.87. The second-order valence-electron chi connectivity index (χ2n) is 3.62. The van der Waals surface area contributed by atoms with Crippen LogP contribution in [0.4, 0.5) is 11.4 Å². The Hall–Kier alpha value is -1.95. The number of aliphatic imine (C=N–C) groups is 1. The molecule has 0 unspecified atom stereocenters. The molecular formula is C11H12N4OS. The number of carbonyl (C=O) groups excluding carboxylic acids is 1. The van der Waals surface area contributed by atoms with E-state index >= 15 is 0 Å². The molecule has 0 amide bonds. The highest BCUT2D eigenvalue weighted by molar-refractivity contribution is 7.21. The van der Waals surface area contributed by atoms with Crippen LogP contribution in [0.15, 0.2) is 17.3 Å². The topological polar surface area (TPSA) is 71.6 Å². The fourth-order valence-corrected chi connectivity index (χ4v) is 2.59. The molecule has 0 saturated carbocycles. The Bertz CT molecular complexity index is 588. The second-order valence-corrected chi connectivity index (χ2v) is 4.65. The first kappa shape index (κ1) is 11.5. The van der Waals surface area contributed by atoms with Crippen LogP contribution >= 0.6 is 11.3 Å². The molecule has 17 heavy (non-hydrogen) atoms. The van der Waals surface area contributed by atoms with Gasteiger partial charge in [-0.2, -0.15) is 0 Å². The maximum absolute atomic E-state index is 11.0. The van der Waals surface area contributed by atoms with E-state index in [1.54, 1.807) is 6.20 Å². The average molecular weight is 248 g/mol. The van der Waals surface area contributed by atoms with E-state index in [-0.39, 0.29) is 0 Å². The molecule has 2 aromatic rings. The second kappa shape index (κ2) is 4.50. The molecule has 0 aliphatic rings. The monoisotopic (exact) mass is 248 g/mol. The van der Waals surface area contributed by atoms with Crippen molar-refractivity contribution in [2.45, 2.75) is 0 Å². The molecule has 0 fully saturated rings. The van der Waals surface area contributed by atoms with E-state index in [1.165, 1.54) is 17.7 Å². The Morgan fingerprint density at radius 1 is 1.53 bits per heavy atom. The summed E-state index contributed by atoms with van der Waals surface area (Å²) in [5, 5.41) is 0.867. The van der Waals surface area contributed by atoms with Crippen LogP contribution in [0.2, 0.25) is 0 Å². The SMILES string of the molecule is CN(C)c1ccnc2sc(C=O)c(N=CN)c12. The highest BCUT2D eigenvalue weighted by Gasteiger charge is 2.16. The van der Waals surface area contributed by atoms with Crippen LogP contribution in [0, 0.1) is 0 Å². The number of pyridine rings is 1. The zero-order valence-corrected chi connectivity index (χ0v) is 10.4. The first-order valence-corrected chi connectivity index (χ1v) is 5.79. The summed E-state index contributed by atoms with van der Waals surface area (Å²) in [7, 11) is 3.87. The number of nitrogens with two attached hydrogens (primary N) is 1. The van der Waals surface area contributed by atoms with E-state index in [2.05, 4.69) is 9.98 Å². The lowest BCUT2D eigenvalue weighted by atomic mass is 10.2. The molecule has 88 valence electrons. The van der Waals surface area contributed by atoms with Crippen LogP contribution in [0.3, 0.4) is 0 Å². The summed E-state index contributed by atoms with van der Waals surface area (Å²) in [6, 6.07) is 1.89. The molecule has 0 aliphatic carbocycles. The Kier molecular flexibility index (Phi) is 3.06. The lowest BCUT2D eigenvalue weighted by Gasteiger charge is -2.13. The summed E-state index contributed by atoms with van der Waals surface area (Å²) in [4.78, 5) is 22.6. The fourth-order valence-electron chi connectivity index (χ4n) is 1.66. The van der Waals surface area contributed by atoms with Gasteiger partial charge >= 0.3 is 0 Å². The molecule has 0 bridgehead atoms. The molecule has 5 nitrogen and oxygen atoms in total. The highest BCUT2D eigenvalue weighted by atomic mass is 32.1. The molecule has 0 saturated heterocycles. The van der Waals surface area contributed by atoms with Crippen molar-refractivity contribution >= 4 is 45.6 Å². The van der Waals surface area contributed by atoms with Crippen molar-refractivity contribution in [2.24, 2.45) is 10.7 Å². The van der Waals surface area contributed by atoms with E-state index < -0.39 is 0 Å². The van der Waals surface area contributed by atoms with Crippen LogP contribution < -0.4 is 10.6 Å². The van der Waals surface area contributed by atoms with E-state index in [0.29, 0.717) is 10.6 Å². The van der Waals surface area contributed by atoms with Crippen LogP contribution in [0.25, 0.3) is 10.2 Å². The van der Waals surface area contributed by atoms with E-state index in [1.807, 2.05) is 25.1 Å². The molecule has 0 radical (unpaired) electrons. The van der Waals surface area contributed by atoms with Gasteiger partial charge in [-0.05, 0) is 6.07 Å². The summed E-state index contributed by atoms with van der Waals surface area (Å²) in [6.45, 7) is 0. The smallest absolute Gasteiger partial charge is 0.162 e. The molecule has 0 aromatic carbocycles.